The van der Waals surface area contributed by atoms with Crippen LogP contribution < -0.4 is 0 Å². The summed E-state index contributed by atoms with van der Waals surface area (Å²) < 4.78 is 36.8. The Hall–Kier alpha value is -1.91. The average molecular weight is 383 g/mol. The van der Waals surface area contributed by atoms with Crippen LogP contribution in [0.3, 0.4) is 0 Å². The number of carbonyl (C=O) groups excluding carboxylic acids is 1. The van der Waals surface area contributed by atoms with Crippen LogP contribution in [-0.4, -0.2) is 54.8 Å². The molecule has 10 heteroatoms. The molecule has 1 fully saturated rings. The number of carbonyl (C=O) groups is 1. The van der Waals surface area contributed by atoms with E-state index in [2.05, 4.69) is 14.9 Å². The van der Waals surface area contributed by atoms with Crippen molar-refractivity contribution in [1.82, 2.24) is 14.5 Å². The maximum Gasteiger partial charge on any atom is 0.316 e. The average Bonchev–Trinajstić information content (AvgIpc) is 3.31. The van der Waals surface area contributed by atoms with Crippen molar-refractivity contribution in [1.29, 1.82) is 0 Å². The Bertz CT molecular complexity index is 860. The van der Waals surface area contributed by atoms with Gasteiger partial charge in [0.25, 0.3) is 5.22 Å². The van der Waals surface area contributed by atoms with Crippen LogP contribution in [0.4, 0.5) is 0 Å². The maximum absolute atomic E-state index is 12.6. The zero-order chi connectivity index (χ0) is 17.9. The second-order valence-electron chi connectivity index (χ2n) is 5.38. The van der Waals surface area contributed by atoms with E-state index in [1.54, 1.807) is 18.2 Å². The van der Waals surface area contributed by atoms with Crippen LogP contribution in [0.5, 0.6) is 0 Å². The number of sulfonamides is 1. The van der Waals surface area contributed by atoms with Gasteiger partial charge in [0.05, 0.1) is 12.0 Å². The highest BCUT2D eigenvalue weighted by molar-refractivity contribution is 7.99. The van der Waals surface area contributed by atoms with Crippen molar-refractivity contribution in [3.8, 4) is 11.5 Å². The van der Waals surface area contributed by atoms with Crippen molar-refractivity contribution in [2.45, 2.75) is 23.0 Å². The number of aromatic nitrogens is 2. The first-order valence-electron chi connectivity index (χ1n) is 7.64. The van der Waals surface area contributed by atoms with Crippen LogP contribution in [0.25, 0.3) is 11.5 Å². The molecule has 2 heterocycles. The van der Waals surface area contributed by atoms with Gasteiger partial charge in [0, 0.05) is 18.7 Å². The van der Waals surface area contributed by atoms with E-state index in [1.165, 1.54) is 17.5 Å². The van der Waals surface area contributed by atoms with Gasteiger partial charge < -0.3 is 9.15 Å². The van der Waals surface area contributed by atoms with Crippen LogP contribution in [0.2, 0.25) is 0 Å². The highest BCUT2D eigenvalue weighted by Crippen LogP contribution is 2.27. The minimum absolute atomic E-state index is 0.0571. The van der Waals surface area contributed by atoms with E-state index in [-0.39, 0.29) is 21.8 Å². The highest BCUT2D eigenvalue weighted by Gasteiger charge is 2.27. The predicted molar refractivity (Wildman–Crippen MR) is 90.5 cm³/mol. The van der Waals surface area contributed by atoms with Crippen molar-refractivity contribution in [2.24, 2.45) is 0 Å². The van der Waals surface area contributed by atoms with Crippen LogP contribution >= 0.6 is 11.8 Å². The summed E-state index contributed by atoms with van der Waals surface area (Å²) in [4.78, 5) is 11.3. The number of hydrogen-bond donors (Lipinski definition) is 0. The lowest BCUT2D eigenvalue weighted by molar-refractivity contribution is -0.137. The molecule has 0 radical (unpaired) electrons. The zero-order valence-corrected chi connectivity index (χ0v) is 15.2. The summed E-state index contributed by atoms with van der Waals surface area (Å²) in [5.74, 6) is -0.143. The molecule has 1 aromatic heterocycles. The molecule has 1 aromatic carbocycles. The van der Waals surface area contributed by atoms with E-state index >= 15 is 0 Å². The van der Waals surface area contributed by atoms with Gasteiger partial charge in [-0.3, -0.25) is 4.79 Å². The highest BCUT2D eigenvalue weighted by atomic mass is 32.2. The fraction of sp³-hybridized carbons (Fsp3) is 0.400. The molecule has 8 nitrogen and oxygen atoms in total. The van der Waals surface area contributed by atoms with E-state index in [0.29, 0.717) is 18.7 Å². The fourth-order valence-corrected chi connectivity index (χ4v) is 4.59. The smallest absolute Gasteiger partial charge is 0.316 e. The Morgan fingerprint density at radius 3 is 2.80 bits per heavy atom. The van der Waals surface area contributed by atoms with E-state index in [9.17, 15) is 13.2 Å². The van der Waals surface area contributed by atoms with Gasteiger partial charge in [0.15, 0.2) is 0 Å². The summed E-state index contributed by atoms with van der Waals surface area (Å²) in [6.07, 6.45) is 1.76. The molecular formula is C15H17N3O5S2. The lowest BCUT2D eigenvalue weighted by atomic mass is 10.2. The minimum atomic E-state index is -3.51. The Kier molecular flexibility index (Phi) is 5.40. The van der Waals surface area contributed by atoms with Crippen molar-refractivity contribution < 1.29 is 22.4 Å². The molecule has 0 amide bonds. The molecule has 1 saturated heterocycles. The number of hydrogen-bond acceptors (Lipinski definition) is 8. The first kappa shape index (κ1) is 17.9. The summed E-state index contributed by atoms with van der Waals surface area (Å²) in [5, 5.41) is 7.98. The van der Waals surface area contributed by atoms with Gasteiger partial charge in [-0.1, -0.05) is 17.8 Å². The standard InChI is InChI=1S/C15H17N3O5S2/c1-22-13(19)10-24-15-17-16-14(23-15)11-5-4-6-12(9-11)25(20,21)18-7-2-3-8-18/h4-6,9H,2-3,7-8,10H2,1H3. The van der Waals surface area contributed by atoms with E-state index in [1.807, 2.05) is 0 Å². The molecule has 25 heavy (non-hydrogen) atoms. The molecule has 0 spiro atoms. The molecule has 1 aliphatic rings. The number of ether oxygens (including phenoxy) is 1. The van der Waals surface area contributed by atoms with Gasteiger partial charge >= 0.3 is 5.97 Å². The first-order valence-corrected chi connectivity index (χ1v) is 10.1. The first-order chi connectivity index (χ1) is 12.0. The molecule has 134 valence electrons. The molecule has 0 unspecified atom stereocenters. The molecule has 0 bridgehead atoms. The van der Waals surface area contributed by atoms with E-state index in [0.717, 1.165) is 24.6 Å². The van der Waals surface area contributed by atoms with Crippen LogP contribution in [0.1, 0.15) is 12.8 Å². The second-order valence-corrected chi connectivity index (χ2v) is 8.24. The zero-order valence-electron chi connectivity index (χ0n) is 13.5. The van der Waals surface area contributed by atoms with Crippen molar-refractivity contribution in [2.75, 3.05) is 26.0 Å². The molecule has 0 N–H and O–H groups in total. The van der Waals surface area contributed by atoms with Gasteiger partial charge in [-0.05, 0) is 31.0 Å². The largest absolute Gasteiger partial charge is 0.468 e. The number of thioether (sulfide) groups is 1. The number of nitrogens with zero attached hydrogens (tertiary/aromatic N) is 3. The van der Waals surface area contributed by atoms with Crippen molar-refractivity contribution in [3.05, 3.63) is 24.3 Å². The van der Waals surface area contributed by atoms with E-state index in [4.69, 9.17) is 4.42 Å². The lowest BCUT2D eigenvalue weighted by Gasteiger charge is -2.15. The van der Waals surface area contributed by atoms with Crippen LogP contribution in [0, 0.1) is 0 Å². The molecule has 0 atom stereocenters. The number of rotatable bonds is 6. The van der Waals surface area contributed by atoms with Crippen LogP contribution in [-0.2, 0) is 19.6 Å². The maximum atomic E-state index is 12.6. The molecule has 3 rings (SSSR count). The van der Waals surface area contributed by atoms with Crippen LogP contribution in [0.15, 0.2) is 38.8 Å². The normalized spacial score (nSPS) is 15.4. The third-order valence-corrected chi connectivity index (χ3v) is 6.42. The molecule has 0 aliphatic carbocycles. The Balaban J connectivity index is 1.80. The predicted octanol–water partition coefficient (Wildman–Crippen LogP) is 1.79. The van der Waals surface area contributed by atoms with Crippen molar-refractivity contribution in [3.63, 3.8) is 0 Å². The lowest BCUT2D eigenvalue weighted by Crippen LogP contribution is -2.27. The third-order valence-electron chi connectivity index (χ3n) is 3.73. The number of esters is 1. The number of benzene rings is 1. The van der Waals surface area contributed by atoms with E-state index < -0.39 is 16.0 Å². The Labute approximate surface area is 149 Å². The summed E-state index contributed by atoms with van der Waals surface area (Å²) in [6, 6.07) is 6.42. The fourth-order valence-electron chi connectivity index (χ4n) is 2.43. The third kappa shape index (κ3) is 4.02. The van der Waals surface area contributed by atoms with Gasteiger partial charge in [-0.2, -0.15) is 4.31 Å². The minimum Gasteiger partial charge on any atom is -0.468 e. The molecular weight excluding hydrogens is 366 g/mol. The Morgan fingerprint density at radius 1 is 1.32 bits per heavy atom. The monoisotopic (exact) mass is 383 g/mol. The molecule has 1 aliphatic heterocycles. The van der Waals surface area contributed by atoms with Gasteiger partial charge in [0.2, 0.25) is 15.9 Å². The van der Waals surface area contributed by atoms with Gasteiger partial charge in [-0.15, -0.1) is 10.2 Å². The summed E-state index contributed by atoms with van der Waals surface area (Å²) in [5.41, 5.74) is 0.512. The molecule has 0 saturated carbocycles. The number of methoxy groups -OCH3 is 1. The summed E-state index contributed by atoms with van der Waals surface area (Å²) in [6.45, 7) is 1.09. The van der Waals surface area contributed by atoms with Gasteiger partial charge in [0.1, 0.15) is 5.75 Å². The summed E-state index contributed by atoms with van der Waals surface area (Å²) in [7, 11) is -2.21. The Morgan fingerprint density at radius 2 is 2.08 bits per heavy atom. The molecule has 2 aromatic rings. The van der Waals surface area contributed by atoms with Gasteiger partial charge in [-0.25, -0.2) is 8.42 Å². The second kappa shape index (κ2) is 7.54. The van der Waals surface area contributed by atoms with Crippen molar-refractivity contribution >= 4 is 27.8 Å². The topological polar surface area (TPSA) is 103 Å². The SMILES string of the molecule is COC(=O)CSc1nnc(-c2cccc(S(=O)(=O)N3CCCC3)c2)o1. The quantitative estimate of drug-likeness (QED) is 0.549. The summed E-state index contributed by atoms with van der Waals surface area (Å²) >= 11 is 1.06.